The van der Waals surface area contributed by atoms with E-state index >= 15 is 0 Å². The van der Waals surface area contributed by atoms with Crippen molar-refractivity contribution in [2.24, 2.45) is 28.3 Å². The molecule has 0 aromatic heterocycles. The summed E-state index contributed by atoms with van der Waals surface area (Å²) in [6.45, 7) is 0.453. The van der Waals surface area contributed by atoms with E-state index < -0.39 is 27.4 Å². The van der Waals surface area contributed by atoms with Crippen molar-refractivity contribution in [3.63, 3.8) is 0 Å². The van der Waals surface area contributed by atoms with Gasteiger partial charge in [0.1, 0.15) is 6.04 Å². The lowest BCUT2D eigenvalue weighted by Gasteiger charge is -2.57. The van der Waals surface area contributed by atoms with E-state index in [1.165, 1.54) is 55.5 Å². The SMILES string of the molecule is NS(=O)(=O)c1ccc(N2C(=O)CC(N(CCC3=CCCCC3)C(=O)C34CC5CC(CC(C5)C3)C4)C2=O)cc1. The van der Waals surface area contributed by atoms with Crippen LogP contribution < -0.4 is 10.0 Å². The Hall–Kier alpha value is -2.52. The molecule has 5 aliphatic carbocycles. The Morgan fingerprint density at radius 2 is 1.63 bits per heavy atom. The van der Waals surface area contributed by atoms with E-state index in [1.807, 2.05) is 0 Å². The maximum Gasteiger partial charge on any atom is 0.257 e. The fraction of sp³-hybridized carbons (Fsp3) is 0.621. The Balaban J connectivity index is 1.28. The van der Waals surface area contributed by atoms with Crippen molar-refractivity contribution in [2.75, 3.05) is 11.4 Å². The topological polar surface area (TPSA) is 118 Å². The molecule has 5 fully saturated rings. The van der Waals surface area contributed by atoms with E-state index in [0.29, 0.717) is 30.0 Å². The van der Waals surface area contributed by atoms with Gasteiger partial charge in [0, 0.05) is 6.54 Å². The van der Waals surface area contributed by atoms with Gasteiger partial charge in [-0.2, -0.15) is 0 Å². The molecule has 1 saturated heterocycles. The normalized spacial score (nSPS) is 32.6. The number of carbonyl (C=O) groups is 3. The number of allylic oxidation sites excluding steroid dienone is 1. The van der Waals surface area contributed by atoms with Crippen LogP contribution in [0.2, 0.25) is 0 Å². The Bertz CT molecular complexity index is 1250. The maximum absolute atomic E-state index is 14.5. The molecule has 1 unspecified atom stereocenters. The van der Waals surface area contributed by atoms with Crippen LogP contribution in [0.25, 0.3) is 0 Å². The molecular formula is C29H37N3O5S. The first-order valence-electron chi connectivity index (χ1n) is 14.1. The molecule has 7 rings (SSSR count). The molecule has 2 N–H and O–H groups in total. The van der Waals surface area contributed by atoms with Gasteiger partial charge in [-0.15, -0.1) is 0 Å². The molecule has 1 heterocycles. The van der Waals surface area contributed by atoms with Gasteiger partial charge in [0.15, 0.2) is 0 Å². The summed E-state index contributed by atoms with van der Waals surface area (Å²) in [7, 11) is -3.89. The zero-order valence-electron chi connectivity index (χ0n) is 21.8. The predicted octanol–water partition coefficient (Wildman–Crippen LogP) is 3.90. The quantitative estimate of drug-likeness (QED) is 0.417. The molecule has 3 amide bonds. The number of imide groups is 1. The zero-order valence-corrected chi connectivity index (χ0v) is 22.6. The third kappa shape index (κ3) is 4.62. The number of nitrogens with two attached hydrogens (primary N) is 1. The summed E-state index contributed by atoms with van der Waals surface area (Å²) in [5.74, 6) is 1.09. The number of carbonyl (C=O) groups excluding carboxylic acids is 3. The first-order valence-corrected chi connectivity index (χ1v) is 15.7. The number of nitrogens with zero attached hydrogens (tertiary/aromatic N) is 2. The number of primary sulfonamides is 1. The average Bonchev–Trinajstić information content (AvgIpc) is 3.17. The molecule has 0 radical (unpaired) electrons. The number of rotatable bonds is 7. The number of benzene rings is 1. The third-order valence-corrected chi connectivity index (χ3v) is 10.7. The molecule has 4 bridgehead atoms. The fourth-order valence-corrected chi connectivity index (χ4v) is 8.90. The van der Waals surface area contributed by atoms with Gasteiger partial charge in [0.2, 0.25) is 21.8 Å². The number of hydrogen-bond donors (Lipinski definition) is 1. The standard InChI is InChI=1S/C29H37N3O5S/c30-38(36,37)24-8-6-23(7-9-24)32-26(33)15-25(27(32)34)31(11-10-19-4-2-1-3-5-19)28(35)29-16-20-12-21(17-29)14-22(13-20)18-29/h4,6-9,20-22,25H,1-3,5,10-18H2,(H2,30,36,37). The lowest BCUT2D eigenvalue weighted by Crippen LogP contribution is -2.57. The molecule has 204 valence electrons. The van der Waals surface area contributed by atoms with Crippen LogP contribution in [-0.2, 0) is 24.4 Å². The summed E-state index contributed by atoms with van der Waals surface area (Å²) < 4.78 is 23.3. The molecule has 1 atom stereocenters. The highest BCUT2D eigenvalue weighted by Crippen LogP contribution is 2.60. The predicted molar refractivity (Wildman–Crippen MR) is 142 cm³/mol. The van der Waals surface area contributed by atoms with Crippen molar-refractivity contribution >= 4 is 33.4 Å². The smallest absolute Gasteiger partial charge is 0.257 e. The second-order valence-electron chi connectivity index (χ2n) is 12.4. The van der Waals surface area contributed by atoms with Crippen molar-refractivity contribution in [3.05, 3.63) is 35.9 Å². The molecule has 1 aliphatic heterocycles. The van der Waals surface area contributed by atoms with Crippen molar-refractivity contribution in [1.82, 2.24) is 4.90 Å². The van der Waals surface area contributed by atoms with Gasteiger partial charge >= 0.3 is 0 Å². The first-order chi connectivity index (χ1) is 18.1. The largest absolute Gasteiger partial charge is 0.329 e. The Morgan fingerprint density at radius 1 is 1.00 bits per heavy atom. The van der Waals surface area contributed by atoms with Crippen molar-refractivity contribution in [3.8, 4) is 0 Å². The highest BCUT2D eigenvalue weighted by Gasteiger charge is 2.57. The van der Waals surface area contributed by atoms with E-state index in [9.17, 15) is 22.8 Å². The Labute approximate surface area is 224 Å². The minimum absolute atomic E-state index is 0.0487. The lowest BCUT2D eigenvalue weighted by atomic mass is 9.49. The Kier molecular flexibility index (Phi) is 6.50. The third-order valence-electron chi connectivity index (χ3n) is 9.73. The highest BCUT2D eigenvalue weighted by atomic mass is 32.2. The fourth-order valence-electron chi connectivity index (χ4n) is 8.39. The average molecular weight is 540 g/mol. The van der Waals surface area contributed by atoms with Gasteiger partial charge in [0.05, 0.1) is 22.4 Å². The molecule has 8 nitrogen and oxygen atoms in total. The van der Waals surface area contributed by atoms with E-state index in [1.54, 1.807) is 4.90 Å². The van der Waals surface area contributed by atoms with Gasteiger partial charge in [-0.05, 0) is 113 Å². The van der Waals surface area contributed by atoms with E-state index in [2.05, 4.69) is 6.08 Å². The highest BCUT2D eigenvalue weighted by molar-refractivity contribution is 7.89. The van der Waals surface area contributed by atoms with Crippen molar-refractivity contribution < 1.29 is 22.8 Å². The van der Waals surface area contributed by atoms with Crippen LogP contribution in [-0.4, -0.2) is 43.6 Å². The minimum atomic E-state index is -3.89. The van der Waals surface area contributed by atoms with Crippen LogP contribution in [0.1, 0.15) is 77.0 Å². The number of sulfonamides is 1. The van der Waals surface area contributed by atoms with Gasteiger partial charge in [0.25, 0.3) is 5.91 Å². The molecule has 0 spiro atoms. The molecule has 1 aromatic rings. The molecule has 4 saturated carbocycles. The maximum atomic E-state index is 14.5. The van der Waals surface area contributed by atoms with Crippen LogP contribution in [0, 0.1) is 23.2 Å². The summed E-state index contributed by atoms with van der Waals surface area (Å²) in [4.78, 5) is 44.2. The zero-order chi connectivity index (χ0) is 26.7. The molecule has 1 aromatic carbocycles. The summed E-state index contributed by atoms with van der Waals surface area (Å²) in [6.07, 6.45) is 13.8. The van der Waals surface area contributed by atoms with Crippen LogP contribution in [0.15, 0.2) is 40.8 Å². The number of hydrogen-bond acceptors (Lipinski definition) is 5. The van der Waals surface area contributed by atoms with Crippen molar-refractivity contribution in [2.45, 2.75) is 88.0 Å². The molecule has 38 heavy (non-hydrogen) atoms. The molecular weight excluding hydrogens is 502 g/mol. The van der Waals surface area contributed by atoms with Crippen molar-refractivity contribution in [1.29, 1.82) is 0 Å². The second-order valence-corrected chi connectivity index (χ2v) is 13.9. The molecule has 6 aliphatic rings. The monoisotopic (exact) mass is 539 g/mol. The summed E-state index contributed by atoms with van der Waals surface area (Å²) in [5.41, 5.74) is 1.24. The van der Waals surface area contributed by atoms with Gasteiger partial charge in [-0.3, -0.25) is 14.4 Å². The van der Waals surface area contributed by atoms with E-state index in [4.69, 9.17) is 5.14 Å². The van der Waals surface area contributed by atoms with E-state index in [-0.39, 0.29) is 23.1 Å². The first kappa shape index (κ1) is 25.7. The summed E-state index contributed by atoms with van der Waals surface area (Å²) in [6, 6.07) is 4.62. The van der Waals surface area contributed by atoms with Crippen LogP contribution in [0.3, 0.4) is 0 Å². The van der Waals surface area contributed by atoms with Crippen LogP contribution in [0.5, 0.6) is 0 Å². The summed E-state index contributed by atoms with van der Waals surface area (Å²) in [5, 5.41) is 5.20. The minimum Gasteiger partial charge on any atom is -0.329 e. The van der Waals surface area contributed by atoms with Crippen LogP contribution in [0.4, 0.5) is 5.69 Å². The second kappa shape index (κ2) is 9.59. The molecule has 9 heteroatoms. The summed E-state index contributed by atoms with van der Waals surface area (Å²) >= 11 is 0. The number of anilines is 1. The number of amides is 3. The van der Waals surface area contributed by atoms with E-state index in [0.717, 1.165) is 49.8 Å². The van der Waals surface area contributed by atoms with Gasteiger partial charge in [-0.25, -0.2) is 18.5 Å². The van der Waals surface area contributed by atoms with Gasteiger partial charge in [-0.1, -0.05) is 11.6 Å². The van der Waals surface area contributed by atoms with Crippen LogP contribution >= 0.6 is 0 Å². The van der Waals surface area contributed by atoms with Gasteiger partial charge < -0.3 is 4.90 Å². The Morgan fingerprint density at radius 3 is 2.18 bits per heavy atom. The lowest BCUT2D eigenvalue weighted by molar-refractivity contribution is -0.161.